The first-order chi connectivity index (χ1) is 10.0. The van der Waals surface area contributed by atoms with Gasteiger partial charge in [-0.15, -0.1) is 0 Å². The maximum absolute atomic E-state index is 12.6. The predicted molar refractivity (Wildman–Crippen MR) is 82.1 cm³/mol. The largest absolute Gasteiger partial charge is 0.383 e. The summed E-state index contributed by atoms with van der Waals surface area (Å²) in [6.07, 6.45) is 0.0750. The highest BCUT2D eigenvalue weighted by molar-refractivity contribution is 5.99. The highest BCUT2D eigenvalue weighted by Gasteiger charge is 2.27. The Kier molecular flexibility index (Phi) is 3.51. The van der Waals surface area contributed by atoms with Crippen molar-refractivity contribution in [2.75, 3.05) is 18.8 Å². The van der Waals surface area contributed by atoms with Crippen LogP contribution in [-0.2, 0) is 4.74 Å². The quantitative estimate of drug-likeness (QED) is 0.871. The van der Waals surface area contributed by atoms with Gasteiger partial charge in [0.05, 0.1) is 12.2 Å². The lowest BCUT2D eigenvalue weighted by atomic mass is 10.1. The van der Waals surface area contributed by atoms with Gasteiger partial charge in [-0.1, -0.05) is 24.3 Å². The minimum atomic E-state index is -0.0885. The Bertz CT molecular complexity index is 676. The zero-order valence-corrected chi connectivity index (χ0v) is 12.2. The van der Waals surface area contributed by atoms with E-state index >= 15 is 0 Å². The van der Waals surface area contributed by atoms with Crippen molar-refractivity contribution in [3.63, 3.8) is 0 Å². The minimum Gasteiger partial charge on any atom is -0.383 e. The predicted octanol–water partition coefficient (Wildman–Crippen LogP) is 2.07. The molecular weight excluding hydrogens is 266 g/mol. The number of rotatable bonds is 1. The van der Waals surface area contributed by atoms with Gasteiger partial charge in [0.1, 0.15) is 11.5 Å². The number of morpholine rings is 1. The van der Waals surface area contributed by atoms with E-state index in [9.17, 15) is 4.79 Å². The second kappa shape index (κ2) is 5.33. The average molecular weight is 285 g/mol. The average Bonchev–Trinajstić information content (AvgIpc) is 2.45. The molecule has 1 aromatic carbocycles. The van der Waals surface area contributed by atoms with Crippen molar-refractivity contribution in [1.29, 1.82) is 0 Å². The molecule has 0 bridgehead atoms. The summed E-state index contributed by atoms with van der Waals surface area (Å²) < 4.78 is 5.66. The minimum absolute atomic E-state index is 0.0375. The molecule has 1 aliphatic rings. The molecule has 2 N–H and O–H groups in total. The summed E-state index contributed by atoms with van der Waals surface area (Å²) in [7, 11) is 0. The first-order valence-corrected chi connectivity index (χ1v) is 7.14. The Hall–Kier alpha value is -2.14. The summed E-state index contributed by atoms with van der Waals surface area (Å²) in [5.41, 5.74) is 6.37. The van der Waals surface area contributed by atoms with Crippen LogP contribution in [0.15, 0.2) is 30.3 Å². The molecule has 1 aromatic heterocycles. The number of carbonyl (C=O) groups excluding carboxylic acids is 1. The van der Waals surface area contributed by atoms with E-state index in [2.05, 4.69) is 4.98 Å². The van der Waals surface area contributed by atoms with Crippen molar-refractivity contribution >= 4 is 22.5 Å². The third-order valence-electron chi connectivity index (χ3n) is 3.70. The van der Waals surface area contributed by atoms with Gasteiger partial charge in [0.2, 0.25) is 0 Å². The molecule has 1 saturated heterocycles. The standard InChI is InChI=1S/C16H19N3O2/c1-10-8-19(9-11(2)21-10)16(20)14-7-12-5-3-4-6-13(12)15(17)18-14/h3-7,10-11H,8-9H2,1-2H3,(H2,17,18)/t10-,11+. The lowest BCUT2D eigenvalue weighted by molar-refractivity contribution is -0.0587. The summed E-state index contributed by atoms with van der Waals surface area (Å²) in [5.74, 6) is 0.306. The third-order valence-corrected chi connectivity index (χ3v) is 3.70. The number of benzene rings is 1. The number of hydrogen-bond donors (Lipinski definition) is 1. The topological polar surface area (TPSA) is 68.5 Å². The van der Waals surface area contributed by atoms with E-state index in [1.54, 1.807) is 11.0 Å². The van der Waals surface area contributed by atoms with E-state index in [4.69, 9.17) is 10.5 Å². The molecule has 0 unspecified atom stereocenters. The first kappa shape index (κ1) is 13.8. The first-order valence-electron chi connectivity index (χ1n) is 7.14. The summed E-state index contributed by atoms with van der Waals surface area (Å²) in [5, 5.41) is 1.81. The Balaban J connectivity index is 1.94. The second-order valence-electron chi connectivity index (χ2n) is 5.58. The smallest absolute Gasteiger partial charge is 0.272 e. The van der Waals surface area contributed by atoms with Gasteiger partial charge >= 0.3 is 0 Å². The van der Waals surface area contributed by atoms with Crippen molar-refractivity contribution in [2.24, 2.45) is 0 Å². The highest BCUT2D eigenvalue weighted by atomic mass is 16.5. The number of hydrogen-bond acceptors (Lipinski definition) is 4. The zero-order chi connectivity index (χ0) is 15.0. The molecule has 0 radical (unpaired) electrons. The van der Waals surface area contributed by atoms with Crippen LogP contribution in [0.1, 0.15) is 24.3 Å². The van der Waals surface area contributed by atoms with Crippen LogP contribution in [0, 0.1) is 0 Å². The van der Waals surface area contributed by atoms with Crippen LogP contribution in [0.25, 0.3) is 10.8 Å². The van der Waals surface area contributed by atoms with Gasteiger partial charge in [-0.3, -0.25) is 4.79 Å². The van der Waals surface area contributed by atoms with Crippen LogP contribution in [0.4, 0.5) is 5.82 Å². The number of nitrogens with two attached hydrogens (primary N) is 1. The van der Waals surface area contributed by atoms with Gasteiger partial charge in [0.25, 0.3) is 5.91 Å². The molecule has 0 aliphatic carbocycles. The van der Waals surface area contributed by atoms with Gasteiger partial charge in [0, 0.05) is 18.5 Å². The second-order valence-corrected chi connectivity index (χ2v) is 5.58. The van der Waals surface area contributed by atoms with Crippen LogP contribution in [0.2, 0.25) is 0 Å². The molecule has 5 nitrogen and oxygen atoms in total. The fourth-order valence-corrected chi connectivity index (χ4v) is 2.84. The monoisotopic (exact) mass is 285 g/mol. The lowest BCUT2D eigenvalue weighted by Gasteiger charge is -2.35. The van der Waals surface area contributed by atoms with Crippen molar-refractivity contribution < 1.29 is 9.53 Å². The van der Waals surface area contributed by atoms with Crippen LogP contribution < -0.4 is 5.73 Å². The van der Waals surface area contributed by atoms with Crippen molar-refractivity contribution in [2.45, 2.75) is 26.1 Å². The fraction of sp³-hybridized carbons (Fsp3) is 0.375. The zero-order valence-electron chi connectivity index (χ0n) is 12.2. The molecule has 2 atom stereocenters. The molecule has 0 saturated carbocycles. The molecule has 1 fully saturated rings. The maximum Gasteiger partial charge on any atom is 0.272 e. The van der Waals surface area contributed by atoms with E-state index in [1.807, 2.05) is 38.1 Å². The number of aromatic nitrogens is 1. The summed E-state index contributed by atoms with van der Waals surface area (Å²) in [6.45, 7) is 5.10. The Morgan fingerprint density at radius 2 is 1.95 bits per heavy atom. The highest BCUT2D eigenvalue weighted by Crippen LogP contribution is 2.21. The number of ether oxygens (including phenoxy) is 1. The molecule has 21 heavy (non-hydrogen) atoms. The molecule has 2 heterocycles. The van der Waals surface area contributed by atoms with Gasteiger partial charge in [0.15, 0.2) is 0 Å². The number of anilines is 1. The Morgan fingerprint density at radius 1 is 1.29 bits per heavy atom. The van der Waals surface area contributed by atoms with Crippen LogP contribution >= 0.6 is 0 Å². The molecular formula is C16H19N3O2. The molecule has 2 aromatic rings. The van der Waals surface area contributed by atoms with Gasteiger partial charge in [-0.05, 0) is 25.3 Å². The van der Waals surface area contributed by atoms with Crippen molar-refractivity contribution in [3.05, 3.63) is 36.0 Å². The number of fused-ring (bicyclic) bond motifs is 1. The maximum atomic E-state index is 12.6. The fourth-order valence-electron chi connectivity index (χ4n) is 2.84. The van der Waals surface area contributed by atoms with Gasteiger partial charge in [-0.2, -0.15) is 0 Å². The van der Waals surface area contributed by atoms with Gasteiger partial charge < -0.3 is 15.4 Å². The summed E-state index contributed by atoms with van der Waals surface area (Å²) >= 11 is 0. The van der Waals surface area contributed by atoms with E-state index in [-0.39, 0.29) is 18.1 Å². The molecule has 3 rings (SSSR count). The molecule has 5 heteroatoms. The van der Waals surface area contributed by atoms with Crippen molar-refractivity contribution in [3.8, 4) is 0 Å². The van der Waals surface area contributed by atoms with Gasteiger partial charge in [-0.25, -0.2) is 4.98 Å². The van der Waals surface area contributed by atoms with Crippen LogP contribution in [0.5, 0.6) is 0 Å². The van der Waals surface area contributed by atoms with E-state index in [0.717, 1.165) is 10.8 Å². The Morgan fingerprint density at radius 3 is 2.67 bits per heavy atom. The Labute approximate surface area is 123 Å². The van der Waals surface area contributed by atoms with E-state index in [0.29, 0.717) is 24.6 Å². The molecule has 0 spiro atoms. The number of nitrogen functional groups attached to an aromatic ring is 1. The number of pyridine rings is 1. The number of amides is 1. The third kappa shape index (κ3) is 2.69. The number of nitrogens with zero attached hydrogens (tertiary/aromatic N) is 2. The van der Waals surface area contributed by atoms with E-state index < -0.39 is 0 Å². The van der Waals surface area contributed by atoms with Crippen LogP contribution in [-0.4, -0.2) is 41.1 Å². The molecule has 110 valence electrons. The summed E-state index contributed by atoms with van der Waals surface area (Å²) in [4.78, 5) is 18.7. The van der Waals surface area contributed by atoms with Crippen LogP contribution in [0.3, 0.4) is 0 Å². The lowest BCUT2D eigenvalue weighted by Crippen LogP contribution is -2.48. The SMILES string of the molecule is C[C@@H]1CN(C(=O)c2cc3ccccc3c(N)n2)C[C@H](C)O1. The van der Waals surface area contributed by atoms with Crippen molar-refractivity contribution in [1.82, 2.24) is 9.88 Å². The molecule has 1 amide bonds. The van der Waals surface area contributed by atoms with E-state index in [1.165, 1.54) is 0 Å². The molecule has 1 aliphatic heterocycles. The summed E-state index contributed by atoms with van der Waals surface area (Å²) in [6, 6.07) is 9.49. The number of carbonyl (C=O) groups is 1. The normalized spacial score (nSPS) is 22.5.